The van der Waals surface area contributed by atoms with Crippen LogP contribution in [0.1, 0.15) is 63.5 Å². The molecule has 4 rings (SSSR count). The van der Waals surface area contributed by atoms with Crippen molar-refractivity contribution in [3.8, 4) is 0 Å². The number of fused-ring (bicyclic) bond motifs is 1. The molecule has 0 bridgehead atoms. The molecular formula is C21H27NO4. The maximum Gasteiger partial charge on any atom is 0.354 e. The van der Waals surface area contributed by atoms with Gasteiger partial charge in [0.2, 0.25) is 0 Å². The lowest BCUT2D eigenvalue weighted by Gasteiger charge is -2.30. The first kappa shape index (κ1) is 17.4. The fraction of sp³-hybridized carbons (Fsp3) is 0.619. The lowest BCUT2D eigenvalue weighted by atomic mass is 9.75. The van der Waals surface area contributed by atoms with Gasteiger partial charge in [0.05, 0.1) is 18.8 Å². The minimum absolute atomic E-state index is 0.0384. The van der Waals surface area contributed by atoms with Gasteiger partial charge in [0.15, 0.2) is 0 Å². The average molecular weight is 357 g/mol. The van der Waals surface area contributed by atoms with E-state index in [0.717, 1.165) is 30.6 Å². The van der Waals surface area contributed by atoms with Gasteiger partial charge in [0, 0.05) is 18.4 Å². The molecule has 1 aliphatic heterocycles. The van der Waals surface area contributed by atoms with E-state index in [1.54, 1.807) is 6.26 Å². The molecule has 0 saturated heterocycles. The van der Waals surface area contributed by atoms with Gasteiger partial charge >= 0.3 is 5.97 Å². The number of nitrogens with one attached hydrogen (secondary N) is 1. The Morgan fingerprint density at radius 3 is 2.85 bits per heavy atom. The number of rotatable bonds is 4. The molecular weight excluding hydrogens is 330 g/mol. The van der Waals surface area contributed by atoms with E-state index < -0.39 is 0 Å². The molecule has 2 heterocycles. The van der Waals surface area contributed by atoms with Crippen LogP contribution in [0.4, 0.5) is 0 Å². The zero-order valence-electron chi connectivity index (χ0n) is 15.3. The van der Waals surface area contributed by atoms with Crippen LogP contribution >= 0.6 is 0 Å². The van der Waals surface area contributed by atoms with E-state index in [1.807, 2.05) is 19.1 Å². The predicted molar refractivity (Wildman–Crippen MR) is 96.3 cm³/mol. The molecule has 0 amide bonds. The smallest absolute Gasteiger partial charge is 0.354 e. The van der Waals surface area contributed by atoms with Crippen molar-refractivity contribution in [2.24, 2.45) is 11.8 Å². The number of carbonyl (C=O) groups excluding carboxylic acids is 2. The van der Waals surface area contributed by atoms with Crippen LogP contribution in [0.25, 0.3) is 0 Å². The molecule has 0 spiro atoms. The summed E-state index contributed by atoms with van der Waals surface area (Å²) in [5.41, 5.74) is 1.34. The number of hydrogen-bond donors (Lipinski definition) is 1. The van der Waals surface area contributed by atoms with Gasteiger partial charge in [0.25, 0.3) is 0 Å². The van der Waals surface area contributed by atoms with Crippen LogP contribution in [-0.4, -0.2) is 24.4 Å². The van der Waals surface area contributed by atoms with Crippen molar-refractivity contribution in [1.82, 2.24) is 5.32 Å². The van der Waals surface area contributed by atoms with Crippen LogP contribution in [-0.2, 0) is 14.3 Å². The summed E-state index contributed by atoms with van der Waals surface area (Å²) >= 11 is 0. The van der Waals surface area contributed by atoms with Crippen molar-refractivity contribution >= 4 is 11.8 Å². The first-order valence-corrected chi connectivity index (χ1v) is 9.84. The van der Waals surface area contributed by atoms with E-state index in [0.29, 0.717) is 24.6 Å². The Labute approximate surface area is 154 Å². The van der Waals surface area contributed by atoms with Crippen molar-refractivity contribution in [3.63, 3.8) is 0 Å². The van der Waals surface area contributed by atoms with Crippen LogP contribution in [0.5, 0.6) is 0 Å². The van der Waals surface area contributed by atoms with Gasteiger partial charge < -0.3 is 14.5 Å². The van der Waals surface area contributed by atoms with E-state index >= 15 is 0 Å². The van der Waals surface area contributed by atoms with E-state index in [9.17, 15) is 9.59 Å². The molecule has 26 heavy (non-hydrogen) atoms. The zero-order chi connectivity index (χ0) is 18.1. The van der Waals surface area contributed by atoms with E-state index in [2.05, 4.69) is 5.32 Å². The van der Waals surface area contributed by atoms with Crippen LogP contribution in [0, 0.1) is 11.8 Å². The first-order valence-electron chi connectivity index (χ1n) is 9.84. The minimum Gasteiger partial charge on any atom is -0.469 e. The third kappa shape index (κ3) is 3.31. The highest BCUT2D eigenvalue weighted by Crippen LogP contribution is 2.41. The SMILES string of the molecule is CC1=C(C(=O)OCC2CCCCC2)NC2CC(c3ccco3)CC(=O)C12. The molecule has 5 heteroatoms. The fourth-order valence-electron chi connectivity index (χ4n) is 4.84. The quantitative estimate of drug-likeness (QED) is 0.832. The predicted octanol–water partition coefficient (Wildman–Crippen LogP) is 3.71. The lowest BCUT2D eigenvalue weighted by Crippen LogP contribution is -2.40. The minimum atomic E-state index is -0.301. The Hall–Kier alpha value is -2.04. The molecule has 3 unspecified atom stereocenters. The number of carbonyl (C=O) groups is 2. The van der Waals surface area contributed by atoms with Gasteiger partial charge in [-0.2, -0.15) is 0 Å². The summed E-state index contributed by atoms with van der Waals surface area (Å²) < 4.78 is 11.1. The molecule has 0 radical (unpaired) electrons. The molecule has 2 fully saturated rings. The summed E-state index contributed by atoms with van der Waals surface area (Å²) in [6, 6.07) is 3.74. The third-order valence-electron chi connectivity index (χ3n) is 6.25. The average Bonchev–Trinajstić information content (AvgIpc) is 3.29. The van der Waals surface area contributed by atoms with Crippen molar-refractivity contribution in [2.75, 3.05) is 6.61 Å². The molecule has 3 atom stereocenters. The summed E-state index contributed by atoms with van der Waals surface area (Å²) in [7, 11) is 0. The molecule has 5 nitrogen and oxygen atoms in total. The second-order valence-electron chi connectivity index (χ2n) is 8.01. The molecule has 1 N–H and O–H groups in total. The summed E-state index contributed by atoms with van der Waals surface area (Å²) in [4.78, 5) is 25.3. The zero-order valence-corrected chi connectivity index (χ0v) is 15.3. The van der Waals surface area contributed by atoms with Gasteiger partial charge in [-0.25, -0.2) is 4.79 Å². The van der Waals surface area contributed by atoms with Gasteiger partial charge in [-0.1, -0.05) is 19.3 Å². The van der Waals surface area contributed by atoms with Gasteiger partial charge in [0.1, 0.15) is 17.2 Å². The Morgan fingerprint density at radius 1 is 1.31 bits per heavy atom. The lowest BCUT2D eigenvalue weighted by molar-refractivity contribution is -0.141. The Kier molecular flexibility index (Phi) is 4.88. The second-order valence-corrected chi connectivity index (χ2v) is 8.01. The van der Waals surface area contributed by atoms with E-state index in [-0.39, 0.29) is 29.6 Å². The monoisotopic (exact) mass is 357 g/mol. The molecule has 3 aliphatic rings. The van der Waals surface area contributed by atoms with Crippen molar-refractivity contribution in [3.05, 3.63) is 35.4 Å². The first-order chi connectivity index (χ1) is 12.6. The van der Waals surface area contributed by atoms with Gasteiger partial charge in [-0.05, 0) is 49.8 Å². The van der Waals surface area contributed by atoms with Crippen LogP contribution < -0.4 is 5.32 Å². The number of Topliss-reactive ketones (excluding diaryl/α,β-unsaturated/α-hetero) is 1. The standard InChI is InChI=1S/C21H27NO4/c1-13-19-16(10-15(11-17(19)23)18-8-5-9-25-18)22-20(13)21(24)26-12-14-6-3-2-4-7-14/h5,8-9,14-16,19,22H,2-4,6-7,10-12H2,1H3. The third-order valence-corrected chi connectivity index (χ3v) is 6.25. The van der Waals surface area contributed by atoms with Crippen molar-refractivity contribution in [1.29, 1.82) is 0 Å². The highest BCUT2D eigenvalue weighted by molar-refractivity contribution is 5.94. The van der Waals surface area contributed by atoms with Crippen LogP contribution in [0.15, 0.2) is 34.1 Å². The van der Waals surface area contributed by atoms with Crippen molar-refractivity contribution in [2.45, 2.75) is 63.8 Å². The van der Waals surface area contributed by atoms with Gasteiger partial charge in [-0.3, -0.25) is 4.79 Å². The Balaban J connectivity index is 1.40. The summed E-state index contributed by atoms with van der Waals surface area (Å²) in [6.45, 7) is 2.38. The summed E-state index contributed by atoms with van der Waals surface area (Å²) in [5.74, 6) is 1.09. The highest BCUT2D eigenvalue weighted by Gasteiger charge is 2.45. The topological polar surface area (TPSA) is 68.5 Å². The maximum absolute atomic E-state index is 12.7. The van der Waals surface area contributed by atoms with E-state index in [1.165, 1.54) is 19.3 Å². The molecule has 140 valence electrons. The Bertz CT molecular complexity index is 700. The van der Waals surface area contributed by atoms with Crippen LogP contribution in [0.3, 0.4) is 0 Å². The largest absolute Gasteiger partial charge is 0.469 e. The number of furan rings is 1. The molecule has 1 aromatic heterocycles. The molecule has 2 saturated carbocycles. The normalized spacial score (nSPS) is 29.4. The number of esters is 1. The fourth-order valence-corrected chi connectivity index (χ4v) is 4.84. The molecule has 1 aromatic rings. The second kappa shape index (κ2) is 7.29. The van der Waals surface area contributed by atoms with Crippen LogP contribution in [0.2, 0.25) is 0 Å². The molecule has 2 aliphatic carbocycles. The van der Waals surface area contributed by atoms with Crippen molar-refractivity contribution < 1.29 is 18.7 Å². The Morgan fingerprint density at radius 2 is 2.12 bits per heavy atom. The maximum atomic E-state index is 12.7. The van der Waals surface area contributed by atoms with Gasteiger partial charge in [-0.15, -0.1) is 0 Å². The summed E-state index contributed by atoms with van der Waals surface area (Å²) in [6.07, 6.45) is 8.95. The number of ether oxygens (including phenoxy) is 1. The van der Waals surface area contributed by atoms with E-state index in [4.69, 9.17) is 9.15 Å². The highest BCUT2D eigenvalue weighted by atomic mass is 16.5. The summed E-state index contributed by atoms with van der Waals surface area (Å²) in [5, 5.41) is 3.30. The number of ketones is 1. The number of hydrogen-bond acceptors (Lipinski definition) is 5. The molecule has 0 aromatic carbocycles.